The van der Waals surface area contributed by atoms with Crippen molar-refractivity contribution in [2.45, 2.75) is 26.2 Å². The van der Waals surface area contributed by atoms with E-state index >= 15 is 0 Å². The molecule has 0 N–H and O–H groups in total. The molecule has 0 fully saturated rings. The van der Waals surface area contributed by atoms with Crippen molar-refractivity contribution in [1.82, 2.24) is 0 Å². The smallest absolute Gasteiger partial charge is 0.0265 e. The lowest BCUT2D eigenvalue weighted by atomic mass is 9.86. The third-order valence-electron chi connectivity index (χ3n) is 4.22. The quantitative estimate of drug-likeness (QED) is 0.378. The van der Waals surface area contributed by atoms with E-state index in [0.717, 1.165) is 8.95 Å². The van der Waals surface area contributed by atoms with Crippen LogP contribution in [0.3, 0.4) is 0 Å². The molecule has 0 nitrogen and oxygen atoms in total. The van der Waals surface area contributed by atoms with Crippen LogP contribution in [0.15, 0.2) is 75.7 Å². The van der Waals surface area contributed by atoms with Gasteiger partial charge in [0.15, 0.2) is 0 Å². The minimum absolute atomic E-state index is 0.189. The van der Waals surface area contributed by atoms with E-state index in [1.165, 1.54) is 27.8 Å². The van der Waals surface area contributed by atoms with E-state index in [0.29, 0.717) is 0 Å². The molecule has 3 aromatic carbocycles. The first-order valence-electron chi connectivity index (χ1n) is 8.01. The summed E-state index contributed by atoms with van der Waals surface area (Å²) in [6.45, 7) is 6.73. The van der Waals surface area contributed by atoms with Crippen molar-refractivity contribution in [2.24, 2.45) is 0 Å². The van der Waals surface area contributed by atoms with E-state index in [1.54, 1.807) is 0 Å². The molecular weight excluding hydrogens is 424 g/mol. The molecular formula is C22H20Br2. The van der Waals surface area contributed by atoms with Crippen LogP contribution in [0.25, 0.3) is 22.3 Å². The summed E-state index contributed by atoms with van der Waals surface area (Å²) < 4.78 is 2.19. The predicted molar refractivity (Wildman–Crippen MR) is 111 cm³/mol. The highest BCUT2D eigenvalue weighted by atomic mass is 79.9. The fraction of sp³-hybridized carbons (Fsp3) is 0.182. The summed E-state index contributed by atoms with van der Waals surface area (Å²) in [5.74, 6) is 0. The maximum absolute atomic E-state index is 3.64. The lowest BCUT2D eigenvalue weighted by molar-refractivity contribution is 0.590. The summed E-state index contributed by atoms with van der Waals surface area (Å²) in [6, 6.07) is 23.8. The van der Waals surface area contributed by atoms with Crippen LogP contribution >= 0.6 is 31.9 Å². The molecule has 0 radical (unpaired) electrons. The van der Waals surface area contributed by atoms with Gasteiger partial charge in [0.2, 0.25) is 0 Å². The number of hydrogen-bond acceptors (Lipinski definition) is 0. The number of hydrogen-bond donors (Lipinski definition) is 0. The summed E-state index contributed by atoms with van der Waals surface area (Å²) in [6.07, 6.45) is 0. The fourth-order valence-electron chi connectivity index (χ4n) is 2.77. The van der Waals surface area contributed by atoms with Gasteiger partial charge in [-0.15, -0.1) is 0 Å². The van der Waals surface area contributed by atoms with Gasteiger partial charge >= 0.3 is 0 Å². The van der Waals surface area contributed by atoms with Gasteiger partial charge in [-0.3, -0.25) is 0 Å². The molecule has 2 heteroatoms. The Kier molecular flexibility index (Phi) is 4.98. The Hall–Kier alpha value is -1.38. The van der Waals surface area contributed by atoms with Crippen molar-refractivity contribution < 1.29 is 0 Å². The highest BCUT2D eigenvalue weighted by Gasteiger charge is 2.13. The van der Waals surface area contributed by atoms with Gasteiger partial charge in [-0.05, 0) is 39.8 Å². The minimum Gasteiger partial charge on any atom is -0.0600 e. The van der Waals surface area contributed by atoms with Crippen molar-refractivity contribution >= 4 is 31.9 Å². The molecule has 24 heavy (non-hydrogen) atoms. The molecule has 0 saturated heterocycles. The minimum atomic E-state index is 0.189. The molecule has 0 saturated carbocycles. The van der Waals surface area contributed by atoms with E-state index in [9.17, 15) is 0 Å². The zero-order chi connectivity index (χ0) is 17.3. The van der Waals surface area contributed by atoms with Gasteiger partial charge in [-0.25, -0.2) is 0 Å². The monoisotopic (exact) mass is 442 g/mol. The van der Waals surface area contributed by atoms with E-state index in [2.05, 4.69) is 113 Å². The Morgan fingerprint density at radius 2 is 1.00 bits per heavy atom. The fourth-order valence-corrected chi connectivity index (χ4v) is 4.22. The molecule has 0 aliphatic heterocycles. The van der Waals surface area contributed by atoms with Crippen molar-refractivity contribution in [2.75, 3.05) is 0 Å². The largest absolute Gasteiger partial charge is 0.0600 e. The van der Waals surface area contributed by atoms with Gasteiger partial charge in [-0.2, -0.15) is 0 Å². The maximum Gasteiger partial charge on any atom is 0.0265 e. The van der Waals surface area contributed by atoms with Crippen LogP contribution in [0, 0.1) is 0 Å². The molecule has 122 valence electrons. The zero-order valence-electron chi connectivity index (χ0n) is 14.1. The molecule has 0 bridgehead atoms. The zero-order valence-corrected chi connectivity index (χ0v) is 17.3. The van der Waals surface area contributed by atoms with E-state index in [1.807, 2.05) is 6.07 Å². The topological polar surface area (TPSA) is 0 Å². The Morgan fingerprint density at radius 1 is 0.583 bits per heavy atom. The van der Waals surface area contributed by atoms with Crippen LogP contribution in [0.2, 0.25) is 0 Å². The van der Waals surface area contributed by atoms with Crippen LogP contribution in [-0.4, -0.2) is 0 Å². The lowest BCUT2D eigenvalue weighted by Gasteiger charge is -2.19. The normalized spacial score (nSPS) is 11.5. The molecule has 0 heterocycles. The Labute approximate surface area is 161 Å². The van der Waals surface area contributed by atoms with Gasteiger partial charge in [0.1, 0.15) is 0 Å². The average molecular weight is 444 g/mol. The second-order valence-corrected chi connectivity index (χ2v) is 8.71. The van der Waals surface area contributed by atoms with Crippen LogP contribution in [0.5, 0.6) is 0 Å². The van der Waals surface area contributed by atoms with Crippen molar-refractivity contribution in [3.8, 4) is 22.3 Å². The molecule has 0 unspecified atom stereocenters. The van der Waals surface area contributed by atoms with Crippen molar-refractivity contribution in [3.63, 3.8) is 0 Å². The third kappa shape index (κ3) is 3.65. The Bertz CT molecular complexity index is 818. The molecule has 0 aliphatic carbocycles. The maximum atomic E-state index is 3.64. The van der Waals surface area contributed by atoms with Gasteiger partial charge in [0.25, 0.3) is 0 Å². The molecule has 0 spiro atoms. The summed E-state index contributed by atoms with van der Waals surface area (Å²) in [7, 11) is 0. The predicted octanol–water partition coefficient (Wildman–Crippen LogP) is 7.84. The first kappa shape index (κ1) is 17.4. The number of rotatable bonds is 2. The van der Waals surface area contributed by atoms with Crippen LogP contribution in [0.4, 0.5) is 0 Å². The van der Waals surface area contributed by atoms with Crippen LogP contribution < -0.4 is 0 Å². The Morgan fingerprint density at radius 3 is 1.46 bits per heavy atom. The van der Waals surface area contributed by atoms with Gasteiger partial charge in [0.05, 0.1) is 0 Å². The second kappa shape index (κ2) is 6.85. The highest BCUT2D eigenvalue weighted by molar-refractivity contribution is 9.11. The van der Waals surface area contributed by atoms with Crippen molar-refractivity contribution in [1.29, 1.82) is 0 Å². The summed E-state index contributed by atoms with van der Waals surface area (Å²) >= 11 is 7.29. The summed E-state index contributed by atoms with van der Waals surface area (Å²) in [5, 5.41) is 0. The molecule has 0 atom stereocenters. The SMILES string of the molecule is CC(C)(C)c1ccc(-c2ccc(-c3c(Br)cccc3Br)cc2)cc1. The van der Waals surface area contributed by atoms with Gasteiger partial charge in [-0.1, -0.05) is 107 Å². The lowest BCUT2D eigenvalue weighted by Crippen LogP contribution is -2.10. The van der Waals surface area contributed by atoms with Crippen LogP contribution in [0.1, 0.15) is 26.3 Å². The average Bonchev–Trinajstić information content (AvgIpc) is 2.55. The van der Waals surface area contributed by atoms with E-state index in [4.69, 9.17) is 0 Å². The molecule has 0 aromatic heterocycles. The number of benzene rings is 3. The van der Waals surface area contributed by atoms with E-state index in [-0.39, 0.29) is 5.41 Å². The standard InChI is InChI=1S/C22H20Br2/c1-22(2,3)18-13-11-16(12-14-18)15-7-9-17(10-8-15)21-19(23)5-4-6-20(21)24/h4-14H,1-3H3. The second-order valence-electron chi connectivity index (χ2n) is 7.00. The summed E-state index contributed by atoms with van der Waals surface area (Å²) in [4.78, 5) is 0. The highest BCUT2D eigenvalue weighted by Crippen LogP contribution is 2.36. The van der Waals surface area contributed by atoms with E-state index < -0.39 is 0 Å². The van der Waals surface area contributed by atoms with Gasteiger partial charge < -0.3 is 0 Å². The Balaban J connectivity index is 1.93. The first-order valence-corrected chi connectivity index (χ1v) is 9.60. The first-order chi connectivity index (χ1) is 11.4. The molecule has 3 aromatic rings. The third-order valence-corrected chi connectivity index (χ3v) is 5.54. The van der Waals surface area contributed by atoms with Crippen molar-refractivity contribution in [3.05, 3.63) is 81.2 Å². The summed E-state index contributed by atoms with van der Waals surface area (Å²) in [5.41, 5.74) is 6.42. The molecule has 0 aliphatic rings. The molecule has 3 rings (SSSR count). The van der Waals surface area contributed by atoms with Gasteiger partial charge in [0, 0.05) is 14.5 Å². The van der Waals surface area contributed by atoms with Crippen LogP contribution in [-0.2, 0) is 5.41 Å². The number of halogens is 2. The molecule has 0 amide bonds.